The van der Waals surface area contributed by atoms with E-state index in [1.165, 1.54) is 71.7 Å². The summed E-state index contributed by atoms with van der Waals surface area (Å²) in [6.07, 6.45) is 0. The molecule has 0 saturated carbocycles. The van der Waals surface area contributed by atoms with Crippen LogP contribution in [0.25, 0.3) is 49.4 Å². The maximum atomic E-state index is 6.57. The lowest BCUT2D eigenvalue weighted by atomic mass is 9.34. The van der Waals surface area contributed by atoms with Crippen LogP contribution in [0.4, 0.5) is 17.1 Å². The van der Waals surface area contributed by atoms with Crippen molar-refractivity contribution in [3.05, 3.63) is 127 Å². The average molecular weight is 508 g/mol. The summed E-state index contributed by atoms with van der Waals surface area (Å²) in [6, 6.07) is 46.0. The Bertz CT molecular complexity index is 2350. The Kier molecular flexibility index (Phi) is 3.75. The van der Waals surface area contributed by atoms with Crippen molar-refractivity contribution in [2.24, 2.45) is 0 Å². The molecule has 0 saturated heterocycles. The van der Waals surface area contributed by atoms with Gasteiger partial charge in [-0.1, -0.05) is 78.9 Å². The maximum Gasteiger partial charge on any atom is 0.252 e. The standard InChI is InChI=1S/C36H21BN2O/c1-2-11-22(12-3-1)38-28-17-8-6-15-25(28)37-26-21-32-33(24-14-5-9-20-31(24)40-32)34-23-13-4-7-16-27(23)39(36(26)34)30-19-10-18-29(38)35(30)37/h1-21H. The minimum atomic E-state index is 0.0966. The van der Waals surface area contributed by atoms with Gasteiger partial charge in [0.15, 0.2) is 0 Å². The topological polar surface area (TPSA) is 21.3 Å². The fraction of sp³-hybridized carbons (Fsp3) is 0. The number of para-hydroxylation sites is 4. The summed E-state index contributed by atoms with van der Waals surface area (Å²) in [5.41, 5.74) is 13.3. The van der Waals surface area contributed by atoms with Crippen molar-refractivity contribution >= 4 is 83.9 Å². The highest BCUT2D eigenvalue weighted by Gasteiger charge is 2.42. The Balaban J connectivity index is 1.45. The molecule has 0 aliphatic carbocycles. The first-order chi connectivity index (χ1) is 19.9. The monoisotopic (exact) mass is 508 g/mol. The predicted octanol–water partition coefficient (Wildman–Crippen LogP) is 7.30. The number of aromatic nitrogens is 1. The van der Waals surface area contributed by atoms with E-state index in [4.69, 9.17) is 4.42 Å². The zero-order valence-corrected chi connectivity index (χ0v) is 21.5. The van der Waals surface area contributed by atoms with Gasteiger partial charge in [-0.15, -0.1) is 0 Å². The number of fused-ring (bicyclic) bond motifs is 11. The molecule has 0 bridgehead atoms. The normalized spacial score (nSPS) is 13.4. The Hall–Kier alpha value is -5.22. The lowest BCUT2D eigenvalue weighted by molar-refractivity contribution is 0.669. The van der Waals surface area contributed by atoms with E-state index in [0.717, 1.165) is 11.2 Å². The Labute approximate surface area is 230 Å². The Morgan fingerprint density at radius 1 is 0.525 bits per heavy atom. The van der Waals surface area contributed by atoms with Crippen molar-refractivity contribution in [3.63, 3.8) is 0 Å². The van der Waals surface area contributed by atoms with Crippen molar-refractivity contribution in [1.29, 1.82) is 0 Å². The number of hydrogen-bond donors (Lipinski definition) is 0. The van der Waals surface area contributed by atoms with Crippen molar-refractivity contribution in [2.75, 3.05) is 4.90 Å². The Morgan fingerprint density at radius 2 is 1.25 bits per heavy atom. The first-order valence-electron chi connectivity index (χ1n) is 13.8. The van der Waals surface area contributed by atoms with Gasteiger partial charge in [-0.3, -0.25) is 0 Å². The maximum absolute atomic E-state index is 6.57. The van der Waals surface area contributed by atoms with Crippen molar-refractivity contribution < 1.29 is 4.42 Å². The summed E-state index contributed by atoms with van der Waals surface area (Å²) in [7, 11) is 0. The molecule has 0 N–H and O–H groups in total. The van der Waals surface area contributed by atoms with Gasteiger partial charge in [0.25, 0.3) is 6.71 Å². The molecular formula is C36H21BN2O. The van der Waals surface area contributed by atoms with Gasteiger partial charge in [0, 0.05) is 44.3 Å². The molecule has 0 atom stereocenters. The summed E-state index contributed by atoms with van der Waals surface area (Å²) in [5.74, 6) is 0. The zero-order chi connectivity index (χ0) is 25.9. The van der Waals surface area contributed by atoms with E-state index in [0.29, 0.717) is 0 Å². The van der Waals surface area contributed by atoms with E-state index in [1.54, 1.807) is 0 Å². The van der Waals surface area contributed by atoms with Crippen LogP contribution >= 0.6 is 0 Å². The van der Waals surface area contributed by atoms with Gasteiger partial charge in [-0.05, 0) is 64.9 Å². The van der Waals surface area contributed by atoms with Gasteiger partial charge in [-0.25, -0.2) is 0 Å². The molecule has 8 aromatic rings. The molecule has 6 aromatic carbocycles. The molecule has 0 fully saturated rings. The average Bonchev–Trinajstić information content (AvgIpc) is 3.55. The highest BCUT2D eigenvalue weighted by atomic mass is 16.3. The van der Waals surface area contributed by atoms with Gasteiger partial charge < -0.3 is 13.9 Å². The minimum Gasteiger partial charge on any atom is -0.456 e. The van der Waals surface area contributed by atoms with Crippen LogP contribution in [0, 0.1) is 0 Å². The van der Waals surface area contributed by atoms with Crippen LogP contribution in [0.5, 0.6) is 0 Å². The Morgan fingerprint density at radius 3 is 2.17 bits per heavy atom. The van der Waals surface area contributed by atoms with Gasteiger partial charge in [0.1, 0.15) is 11.2 Å². The van der Waals surface area contributed by atoms with Gasteiger partial charge >= 0.3 is 0 Å². The van der Waals surface area contributed by atoms with Crippen molar-refractivity contribution in [2.45, 2.75) is 0 Å². The molecule has 40 heavy (non-hydrogen) atoms. The van der Waals surface area contributed by atoms with Crippen LogP contribution in [-0.2, 0) is 0 Å². The molecule has 4 heteroatoms. The fourth-order valence-electron chi connectivity index (χ4n) is 7.50. The molecule has 2 aliphatic rings. The first-order valence-corrected chi connectivity index (χ1v) is 13.8. The lowest BCUT2D eigenvalue weighted by Crippen LogP contribution is -2.60. The van der Waals surface area contributed by atoms with Crippen LogP contribution in [0.3, 0.4) is 0 Å². The van der Waals surface area contributed by atoms with Gasteiger partial charge in [-0.2, -0.15) is 0 Å². The van der Waals surface area contributed by atoms with Gasteiger partial charge in [0.2, 0.25) is 0 Å². The fourth-order valence-corrected chi connectivity index (χ4v) is 7.50. The van der Waals surface area contributed by atoms with Crippen LogP contribution in [0.15, 0.2) is 132 Å². The van der Waals surface area contributed by atoms with E-state index in [2.05, 4.69) is 137 Å². The summed E-state index contributed by atoms with van der Waals surface area (Å²) in [4.78, 5) is 2.43. The molecule has 0 radical (unpaired) electrons. The third kappa shape index (κ3) is 2.39. The summed E-state index contributed by atoms with van der Waals surface area (Å²) < 4.78 is 9.08. The largest absolute Gasteiger partial charge is 0.456 e. The van der Waals surface area contributed by atoms with E-state index in [-0.39, 0.29) is 6.71 Å². The van der Waals surface area contributed by atoms with Crippen molar-refractivity contribution in [1.82, 2.24) is 4.57 Å². The van der Waals surface area contributed by atoms with Crippen LogP contribution in [0.2, 0.25) is 0 Å². The molecule has 0 amide bonds. The number of benzene rings is 6. The quantitative estimate of drug-likeness (QED) is 0.217. The number of furan rings is 1. The van der Waals surface area contributed by atoms with E-state index < -0.39 is 0 Å². The van der Waals surface area contributed by atoms with Crippen LogP contribution < -0.4 is 21.3 Å². The molecule has 10 rings (SSSR count). The molecule has 0 spiro atoms. The molecule has 4 heterocycles. The number of hydrogen-bond acceptors (Lipinski definition) is 2. The summed E-state index contributed by atoms with van der Waals surface area (Å²) >= 11 is 0. The molecule has 2 aliphatic heterocycles. The van der Waals surface area contributed by atoms with E-state index >= 15 is 0 Å². The van der Waals surface area contributed by atoms with Crippen molar-refractivity contribution in [3.8, 4) is 5.69 Å². The van der Waals surface area contributed by atoms with Crippen LogP contribution in [0.1, 0.15) is 0 Å². The third-order valence-electron chi connectivity index (χ3n) is 8.95. The van der Waals surface area contributed by atoms with E-state index in [9.17, 15) is 0 Å². The smallest absolute Gasteiger partial charge is 0.252 e. The molecule has 0 unspecified atom stereocenters. The molecular weight excluding hydrogens is 487 g/mol. The molecule has 184 valence electrons. The second-order valence-electron chi connectivity index (χ2n) is 10.9. The number of anilines is 3. The van der Waals surface area contributed by atoms with Crippen LogP contribution in [-0.4, -0.2) is 11.3 Å². The summed E-state index contributed by atoms with van der Waals surface area (Å²) in [6.45, 7) is 0.0966. The second kappa shape index (κ2) is 7.25. The van der Waals surface area contributed by atoms with E-state index in [1.807, 2.05) is 0 Å². The highest BCUT2D eigenvalue weighted by molar-refractivity contribution is 7.00. The summed E-state index contributed by atoms with van der Waals surface area (Å²) in [5, 5.41) is 4.93. The molecule has 3 nitrogen and oxygen atoms in total. The minimum absolute atomic E-state index is 0.0966. The lowest BCUT2D eigenvalue weighted by Gasteiger charge is -2.40. The number of nitrogens with zero attached hydrogens (tertiary/aromatic N) is 2. The third-order valence-corrected chi connectivity index (χ3v) is 8.95. The zero-order valence-electron chi connectivity index (χ0n) is 21.5. The highest BCUT2D eigenvalue weighted by Crippen LogP contribution is 2.44. The molecule has 2 aromatic heterocycles. The first kappa shape index (κ1) is 20.7. The SMILES string of the molecule is c1ccc(N2c3ccccc3B3c4c2cccc4-n2c4ccccc4c4c5c(cc3c42)oc2ccccc25)cc1. The predicted molar refractivity (Wildman–Crippen MR) is 167 cm³/mol. The number of rotatable bonds is 1. The second-order valence-corrected chi connectivity index (χ2v) is 10.9. The van der Waals surface area contributed by atoms with Gasteiger partial charge in [0.05, 0.1) is 11.0 Å².